The number of hydrogen-bond donors (Lipinski definition) is 0. The second kappa shape index (κ2) is 4.62. The van der Waals surface area contributed by atoms with Crippen molar-refractivity contribution in [1.29, 1.82) is 0 Å². The summed E-state index contributed by atoms with van der Waals surface area (Å²) in [6, 6.07) is 0. The molecule has 0 aliphatic heterocycles. The summed E-state index contributed by atoms with van der Waals surface area (Å²) in [5.74, 6) is -0.209. The van der Waals surface area contributed by atoms with Gasteiger partial charge in [-0.2, -0.15) is 0 Å². The number of carbonyl (C=O) groups is 1. The number of esters is 1. The molecule has 0 saturated heterocycles. The minimum absolute atomic E-state index is 0.209. The van der Waals surface area contributed by atoms with Gasteiger partial charge < -0.3 is 4.74 Å². The molecule has 0 radical (unpaired) electrons. The monoisotopic (exact) mass is 217 g/mol. The molecule has 1 aromatic rings. The van der Waals surface area contributed by atoms with Crippen LogP contribution in [0.25, 0.3) is 0 Å². The van der Waals surface area contributed by atoms with Crippen LogP contribution in [0.4, 0.5) is 0 Å². The largest absolute Gasteiger partial charge is 0.469 e. The fraction of sp³-hybridized carbons (Fsp3) is 0.500. The Morgan fingerprint density at radius 1 is 1.69 bits per heavy atom. The van der Waals surface area contributed by atoms with Crippen molar-refractivity contribution in [1.82, 2.24) is 4.98 Å². The number of nitrogens with zero attached hydrogens (tertiary/aromatic N) is 1. The average molecular weight is 217 g/mol. The third-order valence-corrected chi connectivity index (χ3v) is 3.72. The quantitative estimate of drug-likeness (QED) is 0.572. The van der Waals surface area contributed by atoms with Crippen molar-refractivity contribution < 1.29 is 9.53 Å². The van der Waals surface area contributed by atoms with E-state index in [9.17, 15) is 4.79 Å². The van der Waals surface area contributed by atoms with Crippen LogP contribution < -0.4 is 0 Å². The molecule has 0 fully saturated rings. The van der Waals surface area contributed by atoms with Crippen molar-refractivity contribution in [3.63, 3.8) is 0 Å². The van der Waals surface area contributed by atoms with Gasteiger partial charge in [-0.3, -0.25) is 4.79 Å². The molecule has 1 heterocycles. The number of ether oxygens (including phenoxy) is 1. The molecule has 0 unspecified atom stereocenters. The molecule has 0 atom stereocenters. The lowest BCUT2D eigenvalue weighted by Gasteiger charge is -1.95. The Labute approximate surface area is 85.5 Å². The van der Waals surface area contributed by atoms with E-state index in [-0.39, 0.29) is 5.97 Å². The first-order valence-electron chi connectivity index (χ1n) is 3.74. The number of carbonyl (C=O) groups excluding carboxylic acids is 1. The Bertz CT molecular complexity index is 309. The number of aryl methyl sites for hydroxylation is 1. The van der Waals surface area contributed by atoms with Gasteiger partial charge in [0, 0.05) is 4.88 Å². The van der Waals surface area contributed by atoms with Crippen molar-refractivity contribution in [3.05, 3.63) is 10.6 Å². The number of hydrogen-bond acceptors (Lipinski definition) is 5. The van der Waals surface area contributed by atoms with Gasteiger partial charge in [-0.05, 0) is 13.2 Å². The zero-order chi connectivity index (χ0) is 9.84. The summed E-state index contributed by atoms with van der Waals surface area (Å²) in [4.78, 5) is 16.3. The Hall–Kier alpha value is -0.550. The lowest BCUT2D eigenvalue weighted by molar-refractivity contribution is -0.139. The number of thiazole rings is 1. The number of thioether (sulfide) groups is 1. The van der Waals surface area contributed by atoms with Gasteiger partial charge >= 0.3 is 5.97 Å². The molecule has 0 amide bonds. The van der Waals surface area contributed by atoms with Crippen molar-refractivity contribution in [2.75, 3.05) is 13.4 Å². The van der Waals surface area contributed by atoms with Crippen LogP contribution in [-0.4, -0.2) is 24.3 Å². The molecular weight excluding hydrogens is 206 g/mol. The van der Waals surface area contributed by atoms with Crippen LogP contribution in [0, 0.1) is 6.92 Å². The Kier molecular flexibility index (Phi) is 3.74. The Morgan fingerprint density at radius 2 is 2.38 bits per heavy atom. The number of aromatic nitrogens is 1. The van der Waals surface area contributed by atoms with E-state index in [4.69, 9.17) is 0 Å². The third-order valence-electron chi connectivity index (χ3n) is 1.58. The minimum atomic E-state index is -0.209. The van der Waals surface area contributed by atoms with Crippen LogP contribution in [0.1, 0.15) is 10.6 Å². The van der Waals surface area contributed by atoms with Gasteiger partial charge in [0.15, 0.2) is 0 Å². The SMILES string of the molecule is COC(=O)Cc1sc(SC)nc1C. The Morgan fingerprint density at radius 3 is 2.85 bits per heavy atom. The summed E-state index contributed by atoms with van der Waals surface area (Å²) in [5, 5.41) is 0. The van der Waals surface area contributed by atoms with Crippen molar-refractivity contribution in [2.45, 2.75) is 17.7 Å². The van der Waals surface area contributed by atoms with Gasteiger partial charge in [0.2, 0.25) is 0 Å². The van der Waals surface area contributed by atoms with Gasteiger partial charge in [0.1, 0.15) is 4.34 Å². The summed E-state index contributed by atoms with van der Waals surface area (Å²) < 4.78 is 5.58. The number of methoxy groups -OCH3 is 1. The van der Waals surface area contributed by atoms with E-state index in [1.54, 1.807) is 23.1 Å². The standard InChI is InChI=1S/C8H11NO2S2/c1-5-6(4-7(10)11-2)13-8(9-5)12-3/h4H2,1-3H3. The molecule has 0 spiro atoms. The summed E-state index contributed by atoms with van der Waals surface area (Å²) in [6.45, 7) is 1.91. The number of rotatable bonds is 3. The molecule has 72 valence electrons. The maximum Gasteiger partial charge on any atom is 0.310 e. The van der Waals surface area contributed by atoms with Gasteiger partial charge in [0.25, 0.3) is 0 Å². The molecule has 13 heavy (non-hydrogen) atoms. The van der Waals surface area contributed by atoms with Crippen LogP contribution in [0.2, 0.25) is 0 Å². The first-order chi connectivity index (χ1) is 6.17. The van der Waals surface area contributed by atoms with Crippen molar-refractivity contribution in [2.24, 2.45) is 0 Å². The summed E-state index contributed by atoms with van der Waals surface area (Å²) in [5.41, 5.74) is 0.930. The van der Waals surface area contributed by atoms with E-state index in [1.807, 2.05) is 13.2 Å². The predicted octanol–water partition coefficient (Wildman–Crippen LogP) is 1.89. The fourth-order valence-electron chi connectivity index (χ4n) is 0.856. The van der Waals surface area contributed by atoms with E-state index in [1.165, 1.54) is 7.11 Å². The summed E-state index contributed by atoms with van der Waals surface area (Å²) >= 11 is 3.15. The van der Waals surface area contributed by atoms with Crippen LogP contribution in [0.5, 0.6) is 0 Å². The summed E-state index contributed by atoms with van der Waals surface area (Å²) in [6.07, 6.45) is 2.31. The first kappa shape index (κ1) is 10.5. The zero-order valence-electron chi connectivity index (χ0n) is 7.79. The van der Waals surface area contributed by atoms with Crippen LogP contribution in [0.3, 0.4) is 0 Å². The molecule has 0 N–H and O–H groups in total. The van der Waals surface area contributed by atoms with Gasteiger partial charge in [-0.25, -0.2) is 4.98 Å². The Balaban J connectivity index is 2.76. The first-order valence-corrected chi connectivity index (χ1v) is 5.78. The lowest BCUT2D eigenvalue weighted by atomic mass is 10.3. The van der Waals surface area contributed by atoms with E-state index in [0.717, 1.165) is 14.9 Å². The maximum atomic E-state index is 11.0. The van der Waals surface area contributed by atoms with Gasteiger partial charge in [-0.15, -0.1) is 11.3 Å². The van der Waals surface area contributed by atoms with Crippen LogP contribution >= 0.6 is 23.1 Å². The molecule has 5 heteroatoms. The molecule has 0 aliphatic carbocycles. The summed E-state index contributed by atoms with van der Waals surface area (Å²) in [7, 11) is 1.40. The van der Waals surface area contributed by atoms with E-state index >= 15 is 0 Å². The van der Waals surface area contributed by atoms with Gasteiger partial charge in [0.05, 0.1) is 19.2 Å². The highest BCUT2D eigenvalue weighted by molar-refractivity contribution is 8.00. The smallest absolute Gasteiger partial charge is 0.310 e. The molecule has 0 bridgehead atoms. The van der Waals surface area contributed by atoms with E-state index < -0.39 is 0 Å². The minimum Gasteiger partial charge on any atom is -0.469 e. The normalized spacial score (nSPS) is 10.1. The topological polar surface area (TPSA) is 39.2 Å². The lowest BCUT2D eigenvalue weighted by Crippen LogP contribution is -2.03. The molecule has 3 nitrogen and oxygen atoms in total. The van der Waals surface area contributed by atoms with Crippen molar-refractivity contribution in [3.8, 4) is 0 Å². The van der Waals surface area contributed by atoms with Crippen LogP contribution in [0.15, 0.2) is 4.34 Å². The van der Waals surface area contributed by atoms with Crippen LogP contribution in [-0.2, 0) is 16.0 Å². The molecule has 1 rings (SSSR count). The highest BCUT2D eigenvalue weighted by atomic mass is 32.2. The maximum absolute atomic E-state index is 11.0. The fourth-order valence-corrected chi connectivity index (χ4v) is 2.50. The second-order valence-electron chi connectivity index (χ2n) is 2.45. The molecule has 0 aromatic carbocycles. The third kappa shape index (κ3) is 2.70. The molecule has 0 aliphatic rings. The predicted molar refractivity (Wildman–Crippen MR) is 54.4 cm³/mol. The van der Waals surface area contributed by atoms with E-state index in [0.29, 0.717) is 6.42 Å². The van der Waals surface area contributed by atoms with E-state index in [2.05, 4.69) is 9.72 Å². The molecule has 1 aromatic heterocycles. The highest BCUT2D eigenvalue weighted by Gasteiger charge is 2.10. The average Bonchev–Trinajstić information content (AvgIpc) is 2.47. The molecule has 0 saturated carbocycles. The zero-order valence-corrected chi connectivity index (χ0v) is 9.42. The van der Waals surface area contributed by atoms with Gasteiger partial charge in [-0.1, -0.05) is 11.8 Å². The van der Waals surface area contributed by atoms with Crippen molar-refractivity contribution >= 4 is 29.1 Å². The second-order valence-corrected chi connectivity index (χ2v) is 4.58. The highest BCUT2D eigenvalue weighted by Crippen LogP contribution is 2.25. The molecular formula is C8H11NO2S2.